The van der Waals surface area contributed by atoms with Crippen molar-refractivity contribution in [2.24, 2.45) is 4.99 Å². The van der Waals surface area contributed by atoms with Crippen LogP contribution in [0.3, 0.4) is 0 Å². The SMILES string of the molecule is N#CN=C(n1ccnc1)n1ccnc1. The number of rotatable bonds is 0. The standard InChI is InChI=1S/C8H6N6/c9-5-12-8(13-3-1-10-6-13)14-4-2-11-7-14/h1-4,6-7H. The molecule has 0 saturated heterocycles. The maximum absolute atomic E-state index is 8.53. The van der Waals surface area contributed by atoms with Crippen molar-refractivity contribution in [2.45, 2.75) is 0 Å². The third-order valence-corrected chi connectivity index (χ3v) is 1.62. The van der Waals surface area contributed by atoms with Crippen LogP contribution in [-0.2, 0) is 0 Å². The Morgan fingerprint density at radius 1 is 1.14 bits per heavy atom. The summed E-state index contributed by atoms with van der Waals surface area (Å²) in [5, 5.41) is 8.53. The number of hydrogen-bond donors (Lipinski definition) is 0. The molecule has 0 fully saturated rings. The van der Waals surface area contributed by atoms with Gasteiger partial charge in [0.25, 0.3) is 0 Å². The lowest BCUT2D eigenvalue weighted by molar-refractivity contribution is 0.987. The summed E-state index contributed by atoms with van der Waals surface area (Å²) in [5.74, 6) is 0.447. The molecule has 6 nitrogen and oxygen atoms in total. The molecule has 0 aliphatic heterocycles. The van der Waals surface area contributed by atoms with Crippen molar-refractivity contribution in [3.05, 3.63) is 37.4 Å². The summed E-state index contributed by atoms with van der Waals surface area (Å²) in [6, 6.07) is 0. The van der Waals surface area contributed by atoms with Crippen molar-refractivity contribution in [1.29, 1.82) is 5.26 Å². The monoisotopic (exact) mass is 186 g/mol. The van der Waals surface area contributed by atoms with E-state index >= 15 is 0 Å². The highest BCUT2D eigenvalue weighted by Crippen LogP contribution is 1.93. The van der Waals surface area contributed by atoms with Crippen LogP contribution in [0.1, 0.15) is 0 Å². The fourth-order valence-corrected chi connectivity index (χ4v) is 1.05. The first-order chi connectivity index (χ1) is 6.92. The Morgan fingerprint density at radius 3 is 2.07 bits per heavy atom. The zero-order valence-electron chi connectivity index (χ0n) is 7.15. The Kier molecular flexibility index (Phi) is 2.07. The van der Waals surface area contributed by atoms with Crippen LogP contribution in [0, 0.1) is 11.5 Å². The highest BCUT2D eigenvalue weighted by Gasteiger charge is 2.03. The molecule has 2 aromatic heterocycles. The minimum Gasteiger partial charge on any atom is -0.275 e. The van der Waals surface area contributed by atoms with E-state index in [1.807, 2.05) is 0 Å². The van der Waals surface area contributed by atoms with Crippen LogP contribution in [0.4, 0.5) is 0 Å². The van der Waals surface area contributed by atoms with Crippen molar-refractivity contribution in [2.75, 3.05) is 0 Å². The molecule has 0 amide bonds. The molecule has 0 aliphatic carbocycles. The predicted octanol–water partition coefficient (Wildman–Crippen LogP) is 0.313. The summed E-state index contributed by atoms with van der Waals surface area (Å²) in [4.78, 5) is 11.4. The van der Waals surface area contributed by atoms with E-state index < -0.39 is 0 Å². The van der Waals surface area contributed by atoms with E-state index in [9.17, 15) is 0 Å². The second-order valence-electron chi connectivity index (χ2n) is 2.45. The molecule has 2 rings (SSSR count). The highest BCUT2D eigenvalue weighted by atomic mass is 15.3. The van der Waals surface area contributed by atoms with E-state index in [1.54, 1.807) is 52.8 Å². The number of aromatic nitrogens is 4. The maximum atomic E-state index is 8.53. The van der Waals surface area contributed by atoms with E-state index in [4.69, 9.17) is 5.26 Å². The van der Waals surface area contributed by atoms with Gasteiger partial charge in [0.05, 0.1) is 0 Å². The molecule has 14 heavy (non-hydrogen) atoms. The zero-order chi connectivity index (χ0) is 9.80. The molecule has 0 aromatic carbocycles. The molecule has 0 N–H and O–H groups in total. The van der Waals surface area contributed by atoms with Crippen LogP contribution in [0.2, 0.25) is 0 Å². The lowest BCUT2D eigenvalue weighted by Gasteiger charge is -2.04. The molecule has 0 atom stereocenters. The lowest BCUT2D eigenvalue weighted by Crippen LogP contribution is -2.18. The second-order valence-corrected chi connectivity index (χ2v) is 2.45. The van der Waals surface area contributed by atoms with Gasteiger partial charge in [0, 0.05) is 24.8 Å². The van der Waals surface area contributed by atoms with Crippen molar-refractivity contribution in [3.63, 3.8) is 0 Å². The van der Waals surface area contributed by atoms with E-state index in [-0.39, 0.29) is 0 Å². The van der Waals surface area contributed by atoms with Gasteiger partial charge in [0.15, 0.2) is 0 Å². The Labute approximate surface area is 79.8 Å². The first kappa shape index (κ1) is 8.19. The molecule has 68 valence electrons. The van der Waals surface area contributed by atoms with Gasteiger partial charge in [-0.15, -0.1) is 4.99 Å². The third-order valence-electron chi connectivity index (χ3n) is 1.62. The fraction of sp³-hybridized carbons (Fsp3) is 0. The third kappa shape index (κ3) is 1.38. The molecule has 0 unspecified atom stereocenters. The quantitative estimate of drug-likeness (QED) is 0.337. The van der Waals surface area contributed by atoms with Crippen LogP contribution < -0.4 is 0 Å². The number of imidazole rings is 2. The number of aliphatic imine (C=N–C) groups is 1. The largest absolute Gasteiger partial charge is 0.275 e. The summed E-state index contributed by atoms with van der Waals surface area (Å²) in [6.45, 7) is 0. The summed E-state index contributed by atoms with van der Waals surface area (Å²) in [7, 11) is 0. The van der Waals surface area contributed by atoms with E-state index in [2.05, 4.69) is 15.0 Å². The Morgan fingerprint density at radius 2 is 1.71 bits per heavy atom. The van der Waals surface area contributed by atoms with Crippen LogP contribution in [0.15, 0.2) is 42.4 Å². The average Bonchev–Trinajstić information content (AvgIpc) is 2.87. The topological polar surface area (TPSA) is 71.8 Å². The minimum absolute atomic E-state index is 0.447. The Balaban J connectivity index is 2.47. The van der Waals surface area contributed by atoms with Gasteiger partial charge < -0.3 is 0 Å². The lowest BCUT2D eigenvalue weighted by atomic mass is 10.7. The van der Waals surface area contributed by atoms with E-state index in [1.165, 1.54) is 0 Å². The van der Waals surface area contributed by atoms with Crippen molar-refractivity contribution >= 4 is 5.96 Å². The molecule has 0 spiro atoms. The minimum atomic E-state index is 0.447. The van der Waals surface area contributed by atoms with Gasteiger partial charge in [-0.25, -0.2) is 9.97 Å². The van der Waals surface area contributed by atoms with Gasteiger partial charge in [0.2, 0.25) is 12.2 Å². The number of hydrogen-bond acceptors (Lipinski definition) is 4. The zero-order valence-corrected chi connectivity index (χ0v) is 7.15. The first-order valence-electron chi connectivity index (χ1n) is 3.85. The van der Waals surface area contributed by atoms with Crippen LogP contribution in [-0.4, -0.2) is 25.1 Å². The van der Waals surface area contributed by atoms with Gasteiger partial charge >= 0.3 is 0 Å². The molecule has 2 aromatic rings. The molecule has 0 radical (unpaired) electrons. The fourth-order valence-electron chi connectivity index (χ4n) is 1.05. The van der Waals surface area contributed by atoms with Crippen molar-refractivity contribution < 1.29 is 0 Å². The Bertz CT molecular complexity index is 422. The molecular weight excluding hydrogens is 180 g/mol. The summed E-state index contributed by atoms with van der Waals surface area (Å²) < 4.78 is 3.26. The molecule has 0 bridgehead atoms. The van der Waals surface area contributed by atoms with Crippen LogP contribution in [0.25, 0.3) is 0 Å². The van der Waals surface area contributed by atoms with Gasteiger partial charge in [-0.05, 0) is 0 Å². The van der Waals surface area contributed by atoms with Gasteiger partial charge in [0.1, 0.15) is 12.7 Å². The second kappa shape index (κ2) is 3.53. The summed E-state index contributed by atoms with van der Waals surface area (Å²) in [5.41, 5.74) is 0. The van der Waals surface area contributed by atoms with Crippen LogP contribution >= 0.6 is 0 Å². The average molecular weight is 186 g/mol. The highest BCUT2D eigenvalue weighted by molar-refractivity contribution is 5.84. The molecule has 0 aliphatic rings. The Hall–Kier alpha value is -2.42. The summed E-state index contributed by atoms with van der Waals surface area (Å²) in [6.07, 6.45) is 11.5. The summed E-state index contributed by atoms with van der Waals surface area (Å²) >= 11 is 0. The van der Waals surface area contributed by atoms with E-state index in [0.29, 0.717) is 5.96 Å². The smallest absolute Gasteiger partial charge is 0.231 e. The maximum Gasteiger partial charge on any atom is 0.231 e. The van der Waals surface area contributed by atoms with Crippen LogP contribution in [0.5, 0.6) is 0 Å². The number of nitriles is 1. The predicted molar refractivity (Wildman–Crippen MR) is 48.3 cm³/mol. The molecule has 0 saturated carbocycles. The normalized spacial score (nSPS) is 9.36. The van der Waals surface area contributed by atoms with E-state index in [0.717, 1.165) is 0 Å². The molecular formula is C8H6N6. The molecule has 6 heteroatoms. The van der Waals surface area contributed by atoms with Gasteiger partial charge in [-0.3, -0.25) is 9.13 Å². The first-order valence-corrected chi connectivity index (χ1v) is 3.85. The van der Waals surface area contributed by atoms with Gasteiger partial charge in [-0.2, -0.15) is 5.26 Å². The van der Waals surface area contributed by atoms with Crippen molar-refractivity contribution in [1.82, 2.24) is 19.1 Å². The van der Waals surface area contributed by atoms with Crippen molar-refractivity contribution in [3.8, 4) is 6.19 Å². The molecule has 2 heterocycles. The van der Waals surface area contributed by atoms with Gasteiger partial charge in [-0.1, -0.05) is 0 Å². The number of nitrogens with zero attached hydrogens (tertiary/aromatic N) is 6.